The van der Waals surface area contributed by atoms with Gasteiger partial charge in [-0.15, -0.1) is 0 Å². The molecule has 0 saturated heterocycles. The number of rotatable bonds is 5. The zero-order valence-corrected chi connectivity index (χ0v) is 12.4. The van der Waals surface area contributed by atoms with Gasteiger partial charge >= 0.3 is 0 Å². The monoisotopic (exact) mass is 280 g/mol. The number of pyridine rings is 1. The Balaban J connectivity index is 2.20. The normalized spacial score (nSPS) is 13.7. The lowest BCUT2D eigenvalue weighted by molar-refractivity contribution is 0.211. The van der Waals surface area contributed by atoms with Crippen LogP contribution in [0.25, 0.3) is 0 Å². The van der Waals surface area contributed by atoms with E-state index < -0.39 is 0 Å². The maximum Gasteiger partial charge on any atom is 0.0991 e. The Morgan fingerprint density at radius 3 is 2.62 bits per heavy atom. The largest absolute Gasteiger partial charge is 0.326 e. The molecule has 2 N–H and O–H groups in total. The van der Waals surface area contributed by atoms with E-state index in [2.05, 4.69) is 16.0 Å². The molecule has 108 valence electrons. The Bertz CT molecular complexity index is 616. The van der Waals surface area contributed by atoms with Crippen molar-refractivity contribution in [2.24, 2.45) is 5.73 Å². The summed E-state index contributed by atoms with van der Waals surface area (Å²) in [7, 11) is 2.05. The zero-order chi connectivity index (χ0) is 15.2. The van der Waals surface area contributed by atoms with E-state index in [1.807, 2.05) is 50.4 Å². The van der Waals surface area contributed by atoms with Crippen molar-refractivity contribution >= 4 is 0 Å². The molecule has 0 aliphatic heterocycles. The lowest BCUT2D eigenvalue weighted by atomic mass is 10.00. The first-order chi connectivity index (χ1) is 10.1. The summed E-state index contributed by atoms with van der Waals surface area (Å²) in [4.78, 5) is 6.26. The second kappa shape index (κ2) is 6.98. The second-order valence-electron chi connectivity index (χ2n) is 5.31. The molecule has 1 aromatic heterocycles. The minimum atomic E-state index is -0.00319. The van der Waals surface area contributed by atoms with Crippen LogP contribution in [0, 0.1) is 11.3 Å². The van der Waals surface area contributed by atoms with E-state index in [-0.39, 0.29) is 12.1 Å². The van der Waals surface area contributed by atoms with E-state index in [4.69, 9.17) is 11.0 Å². The van der Waals surface area contributed by atoms with Gasteiger partial charge in [0.25, 0.3) is 0 Å². The Labute approximate surface area is 125 Å². The van der Waals surface area contributed by atoms with Crippen LogP contribution < -0.4 is 5.73 Å². The summed E-state index contributed by atoms with van der Waals surface area (Å²) in [5.74, 6) is 0. The van der Waals surface area contributed by atoms with E-state index in [0.29, 0.717) is 5.56 Å². The minimum Gasteiger partial charge on any atom is -0.326 e. The van der Waals surface area contributed by atoms with Crippen LogP contribution in [0.2, 0.25) is 0 Å². The van der Waals surface area contributed by atoms with Crippen molar-refractivity contribution in [1.82, 2.24) is 9.88 Å². The lowest BCUT2D eigenvalue weighted by Gasteiger charge is -2.31. The summed E-state index contributed by atoms with van der Waals surface area (Å²) in [6, 6.07) is 13.9. The van der Waals surface area contributed by atoms with Crippen LogP contribution in [0.4, 0.5) is 0 Å². The minimum absolute atomic E-state index is 0.00319. The quantitative estimate of drug-likeness (QED) is 0.913. The first-order valence-electron chi connectivity index (χ1n) is 6.96. The van der Waals surface area contributed by atoms with Crippen molar-refractivity contribution in [3.63, 3.8) is 0 Å². The number of benzene rings is 1. The molecular weight excluding hydrogens is 260 g/mol. The Kier molecular flexibility index (Phi) is 5.04. The van der Waals surface area contributed by atoms with Gasteiger partial charge in [-0.1, -0.05) is 12.1 Å². The lowest BCUT2D eigenvalue weighted by Crippen LogP contribution is -2.37. The molecule has 0 aliphatic carbocycles. The van der Waals surface area contributed by atoms with E-state index in [0.717, 1.165) is 17.7 Å². The molecule has 0 radical (unpaired) electrons. The van der Waals surface area contributed by atoms with Crippen LogP contribution in [-0.4, -0.2) is 23.0 Å². The topological polar surface area (TPSA) is 65.9 Å². The van der Waals surface area contributed by atoms with Crippen molar-refractivity contribution in [3.05, 3.63) is 65.5 Å². The average Bonchev–Trinajstić information content (AvgIpc) is 2.48. The maximum absolute atomic E-state index is 8.98. The number of aromatic nitrogens is 1. The van der Waals surface area contributed by atoms with Crippen LogP contribution in [0.15, 0.2) is 48.8 Å². The van der Waals surface area contributed by atoms with Gasteiger partial charge in [0, 0.05) is 31.0 Å². The molecule has 0 fully saturated rings. The Morgan fingerprint density at radius 1 is 1.29 bits per heavy atom. The molecule has 21 heavy (non-hydrogen) atoms. The van der Waals surface area contributed by atoms with Gasteiger partial charge in [-0.25, -0.2) is 0 Å². The molecule has 1 heterocycles. The summed E-state index contributed by atoms with van der Waals surface area (Å²) >= 11 is 0. The van der Waals surface area contributed by atoms with Gasteiger partial charge in [-0.3, -0.25) is 9.88 Å². The Morgan fingerprint density at radius 2 is 2.00 bits per heavy atom. The van der Waals surface area contributed by atoms with Gasteiger partial charge < -0.3 is 5.73 Å². The SMILES string of the molecule is CC(N)C(c1ccncc1)N(C)Cc1cccc(C#N)c1. The van der Waals surface area contributed by atoms with E-state index in [9.17, 15) is 0 Å². The van der Waals surface area contributed by atoms with Gasteiger partial charge in [0.15, 0.2) is 0 Å². The van der Waals surface area contributed by atoms with Gasteiger partial charge in [0.05, 0.1) is 11.6 Å². The number of hydrogen-bond acceptors (Lipinski definition) is 4. The van der Waals surface area contributed by atoms with Gasteiger partial charge in [-0.05, 0) is 49.4 Å². The number of hydrogen-bond donors (Lipinski definition) is 1. The van der Waals surface area contributed by atoms with Gasteiger partial charge in [-0.2, -0.15) is 5.26 Å². The van der Waals surface area contributed by atoms with Crippen LogP contribution >= 0.6 is 0 Å². The molecule has 1 aromatic carbocycles. The highest BCUT2D eigenvalue weighted by Gasteiger charge is 2.21. The zero-order valence-electron chi connectivity index (χ0n) is 12.4. The molecule has 0 spiro atoms. The average molecular weight is 280 g/mol. The molecule has 0 saturated carbocycles. The third kappa shape index (κ3) is 3.88. The summed E-state index contributed by atoms with van der Waals surface area (Å²) in [5, 5.41) is 8.98. The maximum atomic E-state index is 8.98. The van der Waals surface area contributed by atoms with E-state index in [1.165, 1.54) is 0 Å². The summed E-state index contributed by atoms with van der Waals surface area (Å²) in [6.45, 7) is 2.75. The van der Waals surface area contributed by atoms with Gasteiger partial charge in [0.1, 0.15) is 0 Å². The second-order valence-corrected chi connectivity index (χ2v) is 5.31. The third-order valence-electron chi connectivity index (χ3n) is 3.51. The van der Waals surface area contributed by atoms with E-state index in [1.54, 1.807) is 12.4 Å². The number of likely N-dealkylation sites (N-methyl/N-ethyl adjacent to an activating group) is 1. The fourth-order valence-electron chi connectivity index (χ4n) is 2.65. The Hall–Kier alpha value is -2.22. The fourth-order valence-corrected chi connectivity index (χ4v) is 2.65. The predicted octanol–water partition coefficient (Wildman–Crippen LogP) is 2.47. The molecule has 2 rings (SSSR count). The molecule has 2 atom stereocenters. The van der Waals surface area contributed by atoms with Crippen LogP contribution in [-0.2, 0) is 6.54 Å². The predicted molar refractivity (Wildman–Crippen MR) is 83.3 cm³/mol. The van der Waals surface area contributed by atoms with Crippen LogP contribution in [0.3, 0.4) is 0 Å². The molecular formula is C17H20N4. The summed E-state index contributed by atoms with van der Waals surface area (Å²) in [6.07, 6.45) is 3.57. The van der Waals surface area contributed by atoms with Crippen molar-refractivity contribution in [2.45, 2.75) is 25.6 Å². The molecule has 4 heteroatoms. The first-order valence-corrected chi connectivity index (χ1v) is 6.96. The molecule has 0 bridgehead atoms. The van der Waals surface area contributed by atoms with Crippen molar-refractivity contribution in [2.75, 3.05) is 7.05 Å². The fraction of sp³-hybridized carbons (Fsp3) is 0.294. The number of nitriles is 1. The summed E-state index contributed by atoms with van der Waals surface area (Å²) < 4.78 is 0. The van der Waals surface area contributed by atoms with Crippen LogP contribution in [0.5, 0.6) is 0 Å². The third-order valence-corrected chi connectivity index (χ3v) is 3.51. The van der Waals surface area contributed by atoms with Crippen molar-refractivity contribution in [1.29, 1.82) is 5.26 Å². The van der Waals surface area contributed by atoms with E-state index >= 15 is 0 Å². The van der Waals surface area contributed by atoms with Crippen molar-refractivity contribution in [3.8, 4) is 6.07 Å². The first kappa shape index (κ1) is 15.2. The molecule has 2 aromatic rings. The van der Waals surface area contributed by atoms with Gasteiger partial charge in [0.2, 0.25) is 0 Å². The molecule has 2 unspecified atom stereocenters. The number of nitrogens with zero attached hydrogens (tertiary/aromatic N) is 3. The highest BCUT2D eigenvalue weighted by molar-refractivity contribution is 5.32. The smallest absolute Gasteiger partial charge is 0.0991 e. The highest BCUT2D eigenvalue weighted by Crippen LogP contribution is 2.23. The summed E-state index contributed by atoms with van der Waals surface area (Å²) in [5.41, 5.74) is 9.11. The van der Waals surface area contributed by atoms with Crippen molar-refractivity contribution < 1.29 is 0 Å². The highest BCUT2D eigenvalue weighted by atomic mass is 15.1. The molecule has 0 amide bonds. The number of nitrogens with two attached hydrogens (primary N) is 1. The molecule has 0 aliphatic rings. The van der Waals surface area contributed by atoms with Crippen LogP contribution in [0.1, 0.15) is 29.7 Å². The standard InChI is InChI=1S/C17H20N4/c1-13(19)17(16-6-8-20-9-7-16)21(2)12-15-5-3-4-14(10-15)11-18/h3-10,13,17H,12,19H2,1-2H3. The molecule has 4 nitrogen and oxygen atoms in total.